The molecule has 2 aromatic carbocycles. The van der Waals surface area contributed by atoms with Crippen LogP contribution in [0.3, 0.4) is 0 Å². The van der Waals surface area contributed by atoms with Crippen molar-refractivity contribution < 1.29 is 9.53 Å². The van der Waals surface area contributed by atoms with Crippen LogP contribution in [0, 0.1) is 0 Å². The van der Waals surface area contributed by atoms with Crippen LogP contribution in [0.4, 0.5) is 0 Å². The summed E-state index contributed by atoms with van der Waals surface area (Å²) in [6.07, 6.45) is 0.407. The highest BCUT2D eigenvalue weighted by molar-refractivity contribution is 6.30. The molecule has 0 bridgehead atoms. The average molecular weight is 359 g/mol. The molecule has 1 amide bonds. The summed E-state index contributed by atoms with van der Waals surface area (Å²) >= 11 is 5.94. The van der Waals surface area contributed by atoms with Crippen LogP contribution in [0.2, 0.25) is 5.02 Å². The lowest BCUT2D eigenvalue weighted by atomic mass is 10.2. The molecule has 5 heteroatoms. The lowest BCUT2D eigenvalue weighted by Crippen LogP contribution is -2.43. The zero-order chi connectivity index (χ0) is 17.6. The largest absolute Gasteiger partial charge is 0.481 e. The summed E-state index contributed by atoms with van der Waals surface area (Å²) < 4.78 is 5.68. The Bertz CT molecular complexity index is 708. The number of benzene rings is 2. The first kappa shape index (κ1) is 17.8. The van der Waals surface area contributed by atoms with Gasteiger partial charge in [-0.05, 0) is 37.1 Å². The van der Waals surface area contributed by atoms with E-state index >= 15 is 0 Å². The summed E-state index contributed by atoms with van der Waals surface area (Å²) in [5.74, 6) is 0.513. The molecular formula is C20H23ClN2O2. The topological polar surface area (TPSA) is 41.6 Å². The van der Waals surface area contributed by atoms with E-state index in [1.807, 2.05) is 6.07 Å². The molecule has 0 aliphatic carbocycles. The van der Waals surface area contributed by atoms with Gasteiger partial charge in [-0.25, -0.2) is 0 Å². The number of ether oxygens (including phenoxy) is 1. The Morgan fingerprint density at radius 1 is 1.28 bits per heavy atom. The molecule has 25 heavy (non-hydrogen) atoms. The third kappa shape index (κ3) is 5.21. The van der Waals surface area contributed by atoms with Crippen molar-refractivity contribution in [2.75, 3.05) is 13.1 Å². The SMILES string of the molecule is CC(Oc1cccc(Cl)c1)C(=O)NC1CCN(Cc2ccccc2)C1. The van der Waals surface area contributed by atoms with Gasteiger partial charge in [0.1, 0.15) is 5.75 Å². The third-order valence-electron chi connectivity index (χ3n) is 4.35. The van der Waals surface area contributed by atoms with E-state index in [2.05, 4.69) is 34.5 Å². The summed E-state index contributed by atoms with van der Waals surface area (Å²) in [6, 6.07) is 17.7. The van der Waals surface area contributed by atoms with E-state index in [1.54, 1.807) is 31.2 Å². The van der Waals surface area contributed by atoms with E-state index in [0.29, 0.717) is 10.8 Å². The van der Waals surface area contributed by atoms with Crippen molar-refractivity contribution in [3.05, 3.63) is 65.2 Å². The minimum absolute atomic E-state index is 0.0912. The van der Waals surface area contributed by atoms with Crippen LogP contribution in [0.5, 0.6) is 5.75 Å². The van der Waals surface area contributed by atoms with Gasteiger partial charge in [0.2, 0.25) is 0 Å². The molecule has 0 spiro atoms. The smallest absolute Gasteiger partial charge is 0.261 e. The monoisotopic (exact) mass is 358 g/mol. The number of amides is 1. The van der Waals surface area contributed by atoms with Crippen LogP contribution in [0.1, 0.15) is 18.9 Å². The van der Waals surface area contributed by atoms with Gasteiger partial charge in [-0.2, -0.15) is 0 Å². The molecule has 0 radical (unpaired) electrons. The zero-order valence-corrected chi connectivity index (χ0v) is 15.1. The van der Waals surface area contributed by atoms with E-state index in [9.17, 15) is 4.79 Å². The molecule has 2 unspecified atom stereocenters. The van der Waals surface area contributed by atoms with Crippen LogP contribution < -0.4 is 10.1 Å². The number of hydrogen-bond acceptors (Lipinski definition) is 3. The summed E-state index contributed by atoms with van der Waals surface area (Å²) in [6.45, 7) is 4.53. The second-order valence-electron chi connectivity index (χ2n) is 6.43. The first-order chi connectivity index (χ1) is 12.1. The van der Waals surface area contributed by atoms with Crippen LogP contribution in [0.25, 0.3) is 0 Å². The van der Waals surface area contributed by atoms with Gasteiger partial charge >= 0.3 is 0 Å². The number of likely N-dealkylation sites (tertiary alicyclic amines) is 1. The zero-order valence-electron chi connectivity index (χ0n) is 14.3. The van der Waals surface area contributed by atoms with Crippen molar-refractivity contribution in [3.63, 3.8) is 0 Å². The molecule has 2 aromatic rings. The normalized spacial score (nSPS) is 18.7. The predicted octanol–water partition coefficient (Wildman–Crippen LogP) is 3.50. The molecule has 1 heterocycles. The molecule has 0 saturated carbocycles. The van der Waals surface area contributed by atoms with Crippen molar-refractivity contribution in [3.8, 4) is 5.75 Å². The van der Waals surface area contributed by atoms with Gasteiger partial charge in [0.25, 0.3) is 5.91 Å². The fraction of sp³-hybridized carbons (Fsp3) is 0.350. The van der Waals surface area contributed by atoms with Crippen molar-refractivity contribution >= 4 is 17.5 Å². The quantitative estimate of drug-likeness (QED) is 0.859. The minimum atomic E-state index is -0.554. The lowest BCUT2D eigenvalue weighted by Gasteiger charge is -2.19. The molecule has 4 nitrogen and oxygen atoms in total. The molecule has 1 saturated heterocycles. The molecule has 132 valence electrons. The Balaban J connectivity index is 1.46. The Labute approximate surface area is 153 Å². The van der Waals surface area contributed by atoms with Gasteiger partial charge in [-0.3, -0.25) is 9.69 Å². The summed E-state index contributed by atoms with van der Waals surface area (Å²) in [7, 11) is 0. The first-order valence-corrected chi connectivity index (χ1v) is 8.97. The Morgan fingerprint density at radius 2 is 2.08 bits per heavy atom. The number of hydrogen-bond donors (Lipinski definition) is 1. The maximum Gasteiger partial charge on any atom is 0.261 e. The Morgan fingerprint density at radius 3 is 2.84 bits per heavy atom. The maximum atomic E-state index is 12.4. The molecule has 2 atom stereocenters. The molecule has 1 fully saturated rings. The fourth-order valence-corrected chi connectivity index (χ4v) is 3.23. The van der Waals surface area contributed by atoms with Crippen LogP contribution in [-0.4, -0.2) is 36.0 Å². The second kappa shape index (κ2) is 8.37. The first-order valence-electron chi connectivity index (χ1n) is 8.59. The van der Waals surface area contributed by atoms with Crippen LogP contribution in [0.15, 0.2) is 54.6 Å². The van der Waals surface area contributed by atoms with E-state index in [4.69, 9.17) is 16.3 Å². The van der Waals surface area contributed by atoms with Crippen LogP contribution in [-0.2, 0) is 11.3 Å². The highest BCUT2D eigenvalue weighted by atomic mass is 35.5. The van der Waals surface area contributed by atoms with Gasteiger partial charge < -0.3 is 10.1 Å². The van der Waals surface area contributed by atoms with Gasteiger partial charge in [0, 0.05) is 30.7 Å². The number of nitrogens with zero attached hydrogens (tertiary/aromatic N) is 1. The molecule has 1 aliphatic rings. The van der Waals surface area contributed by atoms with Crippen molar-refractivity contribution in [1.82, 2.24) is 10.2 Å². The summed E-state index contributed by atoms with van der Waals surface area (Å²) in [4.78, 5) is 14.7. The Kier molecular flexibility index (Phi) is 5.95. The second-order valence-corrected chi connectivity index (χ2v) is 6.87. The Hall–Kier alpha value is -2.04. The minimum Gasteiger partial charge on any atom is -0.481 e. The van der Waals surface area contributed by atoms with E-state index < -0.39 is 6.10 Å². The molecule has 3 rings (SSSR count). The highest BCUT2D eigenvalue weighted by Gasteiger charge is 2.26. The third-order valence-corrected chi connectivity index (χ3v) is 4.58. The number of carbonyl (C=O) groups is 1. The van der Waals surface area contributed by atoms with Gasteiger partial charge in [0.05, 0.1) is 0 Å². The lowest BCUT2D eigenvalue weighted by molar-refractivity contribution is -0.127. The van der Waals surface area contributed by atoms with E-state index in [1.165, 1.54) is 5.56 Å². The molecule has 1 N–H and O–H groups in total. The van der Waals surface area contributed by atoms with Crippen molar-refractivity contribution in [2.45, 2.75) is 32.0 Å². The molecular weight excluding hydrogens is 336 g/mol. The maximum absolute atomic E-state index is 12.4. The number of halogens is 1. The van der Waals surface area contributed by atoms with Crippen molar-refractivity contribution in [2.24, 2.45) is 0 Å². The van der Waals surface area contributed by atoms with Crippen LogP contribution >= 0.6 is 11.6 Å². The summed E-state index contributed by atoms with van der Waals surface area (Å²) in [5, 5.41) is 3.69. The number of carbonyl (C=O) groups excluding carboxylic acids is 1. The number of nitrogens with one attached hydrogen (secondary N) is 1. The highest BCUT2D eigenvalue weighted by Crippen LogP contribution is 2.19. The van der Waals surface area contributed by atoms with E-state index in [-0.39, 0.29) is 11.9 Å². The predicted molar refractivity (Wildman–Crippen MR) is 99.8 cm³/mol. The standard InChI is InChI=1S/C20H23ClN2O2/c1-15(25-19-9-5-8-17(21)12-19)20(24)22-18-10-11-23(14-18)13-16-6-3-2-4-7-16/h2-9,12,15,18H,10-11,13-14H2,1H3,(H,22,24). The van der Waals surface area contributed by atoms with E-state index in [0.717, 1.165) is 26.1 Å². The number of rotatable bonds is 6. The molecule has 1 aliphatic heterocycles. The average Bonchev–Trinajstić information content (AvgIpc) is 3.02. The van der Waals surface area contributed by atoms with Gasteiger partial charge in [-0.15, -0.1) is 0 Å². The van der Waals surface area contributed by atoms with Crippen molar-refractivity contribution in [1.29, 1.82) is 0 Å². The molecule has 0 aromatic heterocycles. The van der Waals surface area contributed by atoms with Gasteiger partial charge in [-0.1, -0.05) is 48.0 Å². The summed E-state index contributed by atoms with van der Waals surface area (Å²) in [5.41, 5.74) is 1.30. The van der Waals surface area contributed by atoms with Gasteiger partial charge in [0.15, 0.2) is 6.10 Å². The fourth-order valence-electron chi connectivity index (χ4n) is 3.05.